The molecule has 1 nitrogen and oxygen atoms in total. The second kappa shape index (κ2) is 3.79. The Morgan fingerprint density at radius 1 is 1.67 bits per heavy atom. The minimum absolute atomic E-state index is 0.958. The Balaban J connectivity index is 3.50. The van der Waals surface area contributed by atoms with Crippen molar-refractivity contribution in [3.63, 3.8) is 0 Å². The van der Waals surface area contributed by atoms with Gasteiger partial charge < -0.3 is 0 Å². The minimum atomic E-state index is 0.958. The highest BCUT2D eigenvalue weighted by Crippen LogP contribution is 1.40. The molecule has 0 aliphatic heterocycles. The van der Waals surface area contributed by atoms with E-state index in [4.69, 9.17) is 5.41 Å². The van der Waals surface area contributed by atoms with E-state index in [-0.39, 0.29) is 0 Å². The fourth-order valence-electron chi connectivity index (χ4n) is 0.0778. The lowest BCUT2D eigenvalue weighted by Gasteiger charge is -1.47. The number of nitrogens with one attached hydrogen (secondary N) is 1. The molecular formula is C5H3N. The van der Waals surface area contributed by atoms with Gasteiger partial charge in [0.25, 0.3) is 0 Å². The van der Waals surface area contributed by atoms with Gasteiger partial charge in [0.15, 0.2) is 0 Å². The molecule has 1 heteroatoms. The highest BCUT2D eigenvalue weighted by atomic mass is 14.3. The number of hydrogen-bond acceptors (Lipinski definition) is 1. The van der Waals surface area contributed by atoms with Crippen molar-refractivity contribution >= 4 is 6.21 Å². The fourth-order valence-corrected chi connectivity index (χ4v) is 0.0778. The van der Waals surface area contributed by atoms with Crippen LogP contribution in [0.2, 0.25) is 0 Å². The van der Waals surface area contributed by atoms with Crippen molar-refractivity contribution in [2.24, 2.45) is 0 Å². The van der Waals surface area contributed by atoms with Crippen LogP contribution in [0.3, 0.4) is 0 Å². The molecule has 0 aliphatic rings. The van der Waals surface area contributed by atoms with E-state index >= 15 is 0 Å². The van der Waals surface area contributed by atoms with Crippen LogP contribution in [0.1, 0.15) is 0 Å². The highest BCUT2D eigenvalue weighted by molar-refractivity contribution is 5.76. The Morgan fingerprint density at radius 3 is 2.50 bits per heavy atom. The maximum Gasteiger partial charge on any atom is 0.0686 e. The van der Waals surface area contributed by atoms with Crippen molar-refractivity contribution in [2.45, 2.75) is 0 Å². The molecule has 0 aromatic carbocycles. The molecule has 0 saturated heterocycles. The van der Waals surface area contributed by atoms with Gasteiger partial charge >= 0.3 is 0 Å². The molecule has 6 heavy (non-hydrogen) atoms. The zero-order chi connectivity index (χ0) is 4.83. The fraction of sp³-hybridized carbons (Fsp3) is 0. The second-order valence-corrected chi connectivity index (χ2v) is 0.558. The summed E-state index contributed by atoms with van der Waals surface area (Å²) >= 11 is 0. The summed E-state index contributed by atoms with van der Waals surface area (Å²) in [4.78, 5) is 0. The SMILES string of the molecule is C#CC#CC=N. The average molecular weight is 77.1 g/mol. The van der Waals surface area contributed by atoms with Gasteiger partial charge in [0.1, 0.15) is 0 Å². The standard InChI is InChI=1S/C5H3N/c1-2-3-4-5-6/h1,5-6H. The Kier molecular flexibility index (Phi) is 3.03. The monoisotopic (exact) mass is 77.0 g/mol. The van der Waals surface area contributed by atoms with E-state index in [2.05, 4.69) is 24.2 Å². The summed E-state index contributed by atoms with van der Waals surface area (Å²) in [6, 6.07) is 0. The van der Waals surface area contributed by atoms with Crippen molar-refractivity contribution in [1.82, 2.24) is 0 Å². The first-order chi connectivity index (χ1) is 2.91. The largest absolute Gasteiger partial charge is 0.300 e. The molecule has 0 aliphatic carbocycles. The lowest BCUT2D eigenvalue weighted by molar-refractivity contribution is 1.59. The van der Waals surface area contributed by atoms with E-state index in [9.17, 15) is 0 Å². The van der Waals surface area contributed by atoms with Crippen LogP contribution >= 0.6 is 0 Å². The molecule has 0 unspecified atom stereocenters. The van der Waals surface area contributed by atoms with E-state index in [1.165, 1.54) is 0 Å². The van der Waals surface area contributed by atoms with Crippen LogP contribution in [-0.2, 0) is 0 Å². The maximum absolute atomic E-state index is 6.31. The van der Waals surface area contributed by atoms with Crippen molar-refractivity contribution in [2.75, 3.05) is 0 Å². The van der Waals surface area contributed by atoms with Gasteiger partial charge in [-0.05, 0) is 17.8 Å². The third-order valence-electron chi connectivity index (χ3n) is 0.217. The van der Waals surface area contributed by atoms with Gasteiger partial charge in [-0.1, -0.05) is 0 Å². The van der Waals surface area contributed by atoms with Crippen molar-refractivity contribution in [3.05, 3.63) is 0 Å². The quantitative estimate of drug-likeness (QED) is 0.317. The van der Waals surface area contributed by atoms with Crippen molar-refractivity contribution in [3.8, 4) is 24.2 Å². The van der Waals surface area contributed by atoms with E-state index in [1.54, 1.807) is 0 Å². The van der Waals surface area contributed by atoms with Gasteiger partial charge in [-0.25, -0.2) is 0 Å². The summed E-state index contributed by atoms with van der Waals surface area (Å²) in [6.07, 6.45) is 5.65. The minimum Gasteiger partial charge on any atom is -0.300 e. The molecule has 0 radical (unpaired) electrons. The van der Waals surface area contributed by atoms with Crippen LogP contribution < -0.4 is 0 Å². The first-order valence-corrected chi connectivity index (χ1v) is 1.37. The van der Waals surface area contributed by atoms with Crippen molar-refractivity contribution in [1.29, 1.82) is 5.41 Å². The Morgan fingerprint density at radius 2 is 2.33 bits per heavy atom. The lowest BCUT2D eigenvalue weighted by Crippen LogP contribution is -1.52. The highest BCUT2D eigenvalue weighted by Gasteiger charge is 1.43. The molecule has 0 aromatic rings. The molecule has 0 aromatic heterocycles. The van der Waals surface area contributed by atoms with E-state index in [1.807, 2.05) is 0 Å². The second-order valence-electron chi connectivity index (χ2n) is 0.558. The molecule has 0 amide bonds. The van der Waals surface area contributed by atoms with Gasteiger partial charge in [0.2, 0.25) is 0 Å². The number of rotatable bonds is 0. The van der Waals surface area contributed by atoms with E-state index < -0.39 is 0 Å². The predicted octanol–water partition coefficient (Wildman–Crippen LogP) is 0.273. The smallest absolute Gasteiger partial charge is 0.0686 e. The topological polar surface area (TPSA) is 23.9 Å². The third kappa shape index (κ3) is 2.79. The summed E-state index contributed by atoms with van der Waals surface area (Å²) in [5.41, 5.74) is 0. The molecule has 28 valence electrons. The normalized spacial score (nSPS) is 3.83. The third-order valence-corrected chi connectivity index (χ3v) is 0.217. The Hall–Kier alpha value is -1.21. The number of terminal acetylenes is 1. The van der Waals surface area contributed by atoms with Crippen LogP contribution in [0.25, 0.3) is 0 Å². The first-order valence-electron chi connectivity index (χ1n) is 1.37. The molecule has 0 fully saturated rings. The molecule has 0 rings (SSSR count). The zero-order valence-electron chi connectivity index (χ0n) is 3.15. The molecule has 0 saturated carbocycles. The summed E-state index contributed by atoms with van der Waals surface area (Å²) in [6.45, 7) is 0. The van der Waals surface area contributed by atoms with E-state index in [0.717, 1.165) is 6.21 Å². The summed E-state index contributed by atoms with van der Waals surface area (Å²) < 4.78 is 0. The summed E-state index contributed by atoms with van der Waals surface area (Å²) in [7, 11) is 0. The molecule has 1 N–H and O–H groups in total. The maximum atomic E-state index is 6.31. The van der Waals surface area contributed by atoms with Crippen LogP contribution in [0.15, 0.2) is 0 Å². The molecular weight excluding hydrogens is 74.1 g/mol. The molecule has 0 spiro atoms. The summed E-state index contributed by atoms with van der Waals surface area (Å²) in [5, 5.41) is 6.31. The van der Waals surface area contributed by atoms with Gasteiger partial charge in [-0.3, -0.25) is 5.41 Å². The zero-order valence-corrected chi connectivity index (χ0v) is 3.15. The van der Waals surface area contributed by atoms with Gasteiger partial charge in [-0.15, -0.1) is 6.42 Å². The number of hydrogen-bond donors (Lipinski definition) is 1. The molecule has 0 bridgehead atoms. The van der Waals surface area contributed by atoms with Gasteiger partial charge in [-0.2, -0.15) is 0 Å². The van der Waals surface area contributed by atoms with Crippen LogP contribution in [0.4, 0.5) is 0 Å². The Bertz CT molecular complexity index is 128. The summed E-state index contributed by atoms with van der Waals surface area (Å²) in [5.74, 6) is 6.54. The van der Waals surface area contributed by atoms with Crippen LogP contribution in [-0.4, -0.2) is 6.21 Å². The predicted molar refractivity (Wildman–Crippen MR) is 25.4 cm³/mol. The lowest BCUT2D eigenvalue weighted by atomic mass is 10.6. The first kappa shape index (κ1) is 4.79. The molecule has 0 atom stereocenters. The van der Waals surface area contributed by atoms with Crippen LogP contribution in [0, 0.1) is 29.6 Å². The average Bonchev–Trinajstić information content (AvgIpc) is 1.61. The van der Waals surface area contributed by atoms with E-state index in [0.29, 0.717) is 0 Å². The van der Waals surface area contributed by atoms with Crippen molar-refractivity contribution < 1.29 is 0 Å². The molecule has 0 heterocycles. The van der Waals surface area contributed by atoms with Crippen LogP contribution in [0.5, 0.6) is 0 Å². The Labute approximate surface area is 36.9 Å². The van der Waals surface area contributed by atoms with Gasteiger partial charge in [0, 0.05) is 0 Å². The van der Waals surface area contributed by atoms with Gasteiger partial charge in [0.05, 0.1) is 6.21 Å².